The molecule has 6 nitrogen and oxygen atoms in total. The van der Waals surface area contributed by atoms with E-state index in [1.54, 1.807) is 7.11 Å². The van der Waals surface area contributed by atoms with E-state index in [4.69, 9.17) is 14.0 Å². The first-order valence-corrected chi connectivity index (χ1v) is 7.06. The fraction of sp³-hybridized carbons (Fsp3) is 0.467. The summed E-state index contributed by atoms with van der Waals surface area (Å²) >= 11 is 0. The minimum atomic E-state index is 0.0969. The van der Waals surface area contributed by atoms with Crippen molar-refractivity contribution in [1.82, 2.24) is 15.5 Å². The van der Waals surface area contributed by atoms with Crippen LogP contribution in [-0.2, 0) is 11.2 Å². The van der Waals surface area contributed by atoms with Gasteiger partial charge in [-0.2, -0.15) is 4.98 Å². The number of nitrogens with zero attached hydrogens (tertiary/aromatic N) is 2. The first-order chi connectivity index (χ1) is 10.3. The summed E-state index contributed by atoms with van der Waals surface area (Å²) in [6.45, 7) is 4.43. The van der Waals surface area contributed by atoms with Gasteiger partial charge < -0.3 is 19.3 Å². The molecule has 2 aromatic rings. The van der Waals surface area contributed by atoms with Gasteiger partial charge >= 0.3 is 0 Å². The number of morpholine rings is 1. The van der Waals surface area contributed by atoms with E-state index in [9.17, 15) is 0 Å². The summed E-state index contributed by atoms with van der Waals surface area (Å²) in [7, 11) is 1.65. The third-order valence-electron chi connectivity index (χ3n) is 3.54. The lowest BCUT2D eigenvalue weighted by molar-refractivity contribution is 0.0246. The van der Waals surface area contributed by atoms with Crippen molar-refractivity contribution in [1.29, 1.82) is 0 Å². The molecule has 1 aromatic carbocycles. The SMILES string of the molecule is COc1cc(-c2noc(CC3CNCCO3)n2)ccc1C. The third-order valence-corrected chi connectivity index (χ3v) is 3.54. The molecule has 3 rings (SSSR count). The standard InChI is InChI=1S/C15H19N3O3/c1-10-3-4-11(7-13(10)19-2)15-17-14(21-18-15)8-12-9-16-5-6-20-12/h3-4,7,12,16H,5-6,8-9H2,1-2H3. The van der Waals surface area contributed by atoms with Crippen LogP contribution in [0.25, 0.3) is 11.4 Å². The van der Waals surface area contributed by atoms with E-state index in [1.165, 1.54) is 0 Å². The van der Waals surface area contributed by atoms with E-state index >= 15 is 0 Å². The van der Waals surface area contributed by atoms with Crippen LogP contribution in [0.1, 0.15) is 11.5 Å². The zero-order chi connectivity index (χ0) is 14.7. The van der Waals surface area contributed by atoms with E-state index in [2.05, 4.69) is 15.5 Å². The average Bonchev–Trinajstić information content (AvgIpc) is 2.97. The summed E-state index contributed by atoms with van der Waals surface area (Å²) in [5, 5.41) is 7.32. The largest absolute Gasteiger partial charge is 0.496 e. The van der Waals surface area contributed by atoms with Gasteiger partial charge in [0.05, 0.1) is 26.2 Å². The van der Waals surface area contributed by atoms with E-state index < -0.39 is 0 Å². The van der Waals surface area contributed by atoms with E-state index in [1.807, 2.05) is 25.1 Å². The minimum absolute atomic E-state index is 0.0969. The molecular formula is C15H19N3O3. The van der Waals surface area contributed by atoms with E-state index in [0.717, 1.165) is 36.6 Å². The molecule has 1 aromatic heterocycles. The van der Waals surface area contributed by atoms with Crippen LogP contribution in [0, 0.1) is 6.92 Å². The predicted molar refractivity (Wildman–Crippen MR) is 77.3 cm³/mol. The van der Waals surface area contributed by atoms with Crippen LogP contribution in [0.2, 0.25) is 0 Å². The second-order valence-electron chi connectivity index (χ2n) is 5.10. The Labute approximate surface area is 123 Å². The molecule has 1 atom stereocenters. The van der Waals surface area contributed by atoms with Gasteiger partial charge in [-0.05, 0) is 18.6 Å². The molecule has 1 N–H and O–H groups in total. The molecule has 1 aliphatic rings. The highest BCUT2D eigenvalue weighted by atomic mass is 16.5. The van der Waals surface area contributed by atoms with Gasteiger partial charge in [0.1, 0.15) is 5.75 Å². The minimum Gasteiger partial charge on any atom is -0.496 e. The Kier molecular flexibility index (Phi) is 4.17. The molecule has 0 radical (unpaired) electrons. The highest BCUT2D eigenvalue weighted by Gasteiger charge is 2.18. The van der Waals surface area contributed by atoms with Crippen molar-refractivity contribution in [2.24, 2.45) is 0 Å². The molecule has 0 amide bonds. The molecule has 0 saturated carbocycles. The molecular weight excluding hydrogens is 270 g/mol. The molecule has 6 heteroatoms. The number of methoxy groups -OCH3 is 1. The summed E-state index contributed by atoms with van der Waals surface area (Å²) < 4.78 is 16.3. The zero-order valence-corrected chi connectivity index (χ0v) is 12.3. The van der Waals surface area contributed by atoms with Crippen molar-refractivity contribution < 1.29 is 14.0 Å². The highest BCUT2D eigenvalue weighted by molar-refractivity contribution is 5.58. The molecule has 0 spiro atoms. The normalized spacial score (nSPS) is 18.7. The number of hydrogen-bond donors (Lipinski definition) is 1. The lowest BCUT2D eigenvalue weighted by Gasteiger charge is -2.21. The fourth-order valence-electron chi connectivity index (χ4n) is 2.36. The quantitative estimate of drug-likeness (QED) is 0.921. The zero-order valence-electron chi connectivity index (χ0n) is 12.3. The summed E-state index contributed by atoms with van der Waals surface area (Å²) in [5.41, 5.74) is 1.96. The van der Waals surface area contributed by atoms with Gasteiger partial charge in [-0.3, -0.25) is 0 Å². The fourth-order valence-corrected chi connectivity index (χ4v) is 2.36. The number of nitrogens with one attached hydrogen (secondary N) is 1. The van der Waals surface area contributed by atoms with Crippen molar-refractivity contribution in [3.63, 3.8) is 0 Å². The molecule has 1 fully saturated rings. The summed E-state index contributed by atoms with van der Waals surface area (Å²) in [6.07, 6.45) is 0.725. The van der Waals surface area contributed by atoms with Crippen LogP contribution in [0.15, 0.2) is 22.7 Å². The monoisotopic (exact) mass is 289 g/mol. The second kappa shape index (κ2) is 6.24. The van der Waals surface area contributed by atoms with Gasteiger partial charge in [0.25, 0.3) is 0 Å². The number of benzene rings is 1. The molecule has 21 heavy (non-hydrogen) atoms. The van der Waals surface area contributed by atoms with Gasteiger partial charge in [0.2, 0.25) is 11.7 Å². The molecule has 0 aliphatic carbocycles. The smallest absolute Gasteiger partial charge is 0.229 e. The van der Waals surface area contributed by atoms with Gasteiger partial charge in [-0.25, -0.2) is 0 Å². The van der Waals surface area contributed by atoms with Crippen molar-refractivity contribution >= 4 is 0 Å². The van der Waals surface area contributed by atoms with Crippen molar-refractivity contribution in [2.45, 2.75) is 19.4 Å². The third kappa shape index (κ3) is 3.22. The average molecular weight is 289 g/mol. The number of aryl methyl sites for hydroxylation is 1. The molecule has 1 unspecified atom stereocenters. The number of rotatable bonds is 4. The van der Waals surface area contributed by atoms with Gasteiger partial charge in [0, 0.05) is 18.7 Å². The Morgan fingerprint density at radius 2 is 2.33 bits per heavy atom. The maximum atomic E-state index is 5.64. The molecule has 0 bridgehead atoms. The molecule has 1 aliphatic heterocycles. The number of aromatic nitrogens is 2. The van der Waals surface area contributed by atoms with Crippen LogP contribution >= 0.6 is 0 Å². The Balaban J connectivity index is 1.74. The topological polar surface area (TPSA) is 69.4 Å². The Morgan fingerprint density at radius 1 is 1.43 bits per heavy atom. The highest BCUT2D eigenvalue weighted by Crippen LogP contribution is 2.25. The maximum absolute atomic E-state index is 5.64. The van der Waals surface area contributed by atoms with Crippen LogP contribution in [-0.4, -0.2) is 43.1 Å². The van der Waals surface area contributed by atoms with Crippen LogP contribution in [0.5, 0.6) is 5.75 Å². The Morgan fingerprint density at radius 3 is 3.10 bits per heavy atom. The van der Waals surface area contributed by atoms with E-state index in [0.29, 0.717) is 18.1 Å². The van der Waals surface area contributed by atoms with Crippen molar-refractivity contribution in [3.8, 4) is 17.1 Å². The molecule has 1 saturated heterocycles. The van der Waals surface area contributed by atoms with Gasteiger partial charge in [-0.1, -0.05) is 17.3 Å². The molecule has 112 valence electrons. The van der Waals surface area contributed by atoms with Crippen LogP contribution in [0.4, 0.5) is 0 Å². The summed E-state index contributed by atoms with van der Waals surface area (Å²) in [6, 6.07) is 5.87. The van der Waals surface area contributed by atoms with Gasteiger partial charge in [-0.15, -0.1) is 0 Å². The van der Waals surface area contributed by atoms with Crippen LogP contribution < -0.4 is 10.1 Å². The van der Waals surface area contributed by atoms with Gasteiger partial charge in [0.15, 0.2) is 0 Å². The number of ether oxygens (including phenoxy) is 2. The first kappa shape index (κ1) is 14.0. The van der Waals surface area contributed by atoms with Crippen molar-refractivity contribution in [3.05, 3.63) is 29.7 Å². The first-order valence-electron chi connectivity index (χ1n) is 7.06. The van der Waals surface area contributed by atoms with Crippen LogP contribution in [0.3, 0.4) is 0 Å². The predicted octanol–water partition coefficient (Wildman–Crippen LogP) is 1.58. The lowest BCUT2D eigenvalue weighted by atomic mass is 10.1. The Hall–Kier alpha value is -1.92. The maximum Gasteiger partial charge on any atom is 0.229 e. The lowest BCUT2D eigenvalue weighted by Crippen LogP contribution is -2.39. The second-order valence-corrected chi connectivity index (χ2v) is 5.10. The Bertz CT molecular complexity index is 606. The number of hydrogen-bond acceptors (Lipinski definition) is 6. The molecule has 2 heterocycles. The summed E-state index contributed by atoms with van der Waals surface area (Å²) in [5.74, 6) is 1.99. The summed E-state index contributed by atoms with van der Waals surface area (Å²) in [4.78, 5) is 4.44. The van der Waals surface area contributed by atoms with E-state index in [-0.39, 0.29) is 6.10 Å². The van der Waals surface area contributed by atoms with Crippen molar-refractivity contribution in [2.75, 3.05) is 26.8 Å².